The molecule has 0 bridgehead atoms. The Morgan fingerprint density at radius 3 is 2.76 bits per heavy atom. The number of benzene rings is 2. The fourth-order valence-corrected chi connectivity index (χ4v) is 6.62. The number of anilines is 2. The molecule has 1 atom stereocenters. The smallest absolute Gasteiger partial charge is 0.250 e. The van der Waals surface area contributed by atoms with Gasteiger partial charge >= 0.3 is 0 Å². The van der Waals surface area contributed by atoms with Crippen LogP contribution in [0, 0.1) is 6.57 Å². The lowest BCUT2D eigenvalue weighted by atomic mass is 10.1. The van der Waals surface area contributed by atoms with Crippen LogP contribution in [0.25, 0.3) is 16.1 Å². The molecule has 34 heavy (non-hydrogen) atoms. The molecule has 8 heteroatoms. The van der Waals surface area contributed by atoms with Gasteiger partial charge in [0.1, 0.15) is 0 Å². The van der Waals surface area contributed by atoms with Crippen LogP contribution in [0.5, 0.6) is 0 Å². The number of aromatic amines is 1. The molecule has 5 rings (SSSR count). The molecule has 1 unspecified atom stereocenters. The van der Waals surface area contributed by atoms with Crippen LogP contribution in [0.3, 0.4) is 0 Å². The molecular formula is C26H26N4O2S2. The maximum absolute atomic E-state index is 12.5. The lowest BCUT2D eigenvalue weighted by Crippen LogP contribution is -2.36. The zero-order valence-electron chi connectivity index (χ0n) is 19.0. The predicted octanol–water partition coefficient (Wildman–Crippen LogP) is 5.60. The molecule has 1 aromatic heterocycles. The average molecular weight is 491 g/mol. The van der Waals surface area contributed by atoms with Gasteiger partial charge < -0.3 is 24.8 Å². The summed E-state index contributed by atoms with van der Waals surface area (Å²) in [6.07, 6.45) is 0.912. The van der Waals surface area contributed by atoms with E-state index in [1.54, 1.807) is 29.6 Å². The van der Waals surface area contributed by atoms with Crippen LogP contribution in [0.15, 0.2) is 72.9 Å². The molecule has 0 saturated carbocycles. The normalized spacial score (nSPS) is 15.7. The van der Waals surface area contributed by atoms with Gasteiger partial charge in [-0.1, -0.05) is 42.6 Å². The van der Waals surface area contributed by atoms with Gasteiger partial charge in [0.25, 0.3) is 0 Å². The number of aromatic nitrogens is 1. The zero-order chi connectivity index (χ0) is 23.5. The summed E-state index contributed by atoms with van der Waals surface area (Å²) in [4.78, 5) is 26.1. The highest BCUT2D eigenvalue weighted by Gasteiger charge is 2.22. The van der Waals surface area contributed by atoms with Crippen LogP contribution in [-0.2, 0) is 4.74 Å². The molecule has 3 heterocycles. The molecule has 1 saturated heterocycles. The predicted molar refractivity (Wildman–Crippen MR) is 139 cm³/mol. The Bertz CT molecular complexity index is 1290. The molecular weight excluding hydrogens is 464 g/mol. The van der Waals surface area contributed by atoms with Crippen molar-refractivity contribution in [2.75, 3.05) is 43.1 Å². The van der Waals surface area contributed by atoms with Crippen LogP contribution < -0.4 is 15.8 Å². The highest BCUT2D eigenvalue weighted by Crippen LogP contribution is 2.52. The second-order valence-corrected chi connectivity index (χ2v) is 10.4. The number of hydrogen-bond acceptors (Lipinski definition) is 6. The Hall–Kier alpha value is -2.86. The van der Waals surface area contributed by atoms with E-state index in [0.717, 1.165) is 47.0 Å². The van der Waals surface area contributed by atoms with Gasteiger partial charge in [-0.3, -0.25) is 4.79 Å². The third-order valence-electron chi connectivity index (χ3n) is 6.03. The highest BCUT2D eigenvalue weighted by molar-refractivity contribution is 8.05. The fourth-order valence-electron chi connectivity index (χ4n) is 4.20. The van der Waals surface area contributed by atoms with E-state index in [9.17, 15) is 4.79 Å². The van der Waals surface area contributed by atoms with Crippen molar-refractivity contribution in [2.24, 2.45) is 0 Å². The monoisotopic (exact) mass is 490 g/mol. The summed E-state index contributed by atoms with van der Waals surface area (Å²) in [6.45, 7) is 12.7. The van der Waals surface area contributed by atoms with Gasteiger partial charge in [-0.25, -0.2) is 6.57 Å². The third-order valence-corrected chi connectivity index (χ3v) is 8.62. The van der Waals surface area contributed by atoms with Crippen molar-refractivity contribution in [3.05, 3.63) is 70.3 Å². The summed E-state index contributed by atoms with van der Waals surface area (Å²) in [7, 11) is 0. The van der Waals surface area contributed by atoms with E-state index >= 15 is 0 Å². The van der Waals surface area contributed by atoms with E-state index in [2.05, 4.69) is 69.4 Å². The first kappa shape index (κ1) is 22.9. The molecule has 0 amide bonds. The quantitative estimate of drug-likeness (QED) is 0.343. The largest absolute Gasteiger partial charge is 0.378 e. The summed E-state index contributed by atoms with van der Waals surface area (Å²) in [6, 6.07) is 16.6. The third kappa shape index (κ3) is 4.83. The molecule has 174 valence electrons. The first-order chi connectivity index (χ1) is 16.6. The second kappa shape index (κ2) is 10.2. The number of pyridine rings is 1. The summed E-state index contributed by atoms with van der Waals surface area (Å²) < 4.78 is 5.47. The number of rotatable bonds is 6. The minimum atomic E-state index is -0.0916. The molecule has 3 aromatic rings. The van der Waals surface area contributed by atoms with Crippen molar-refractivity contribution in [3.8, 4) is 11.3 Å². The summed E-state index contributed by atoms with van der Waals surface area (Å²) in [5.74, 6) is 0. The van der Waals surface area contributed by atoms with Crippen LogP contribution in [0.2, 0.25) is 0 Å². The lowest BCUT2D eigenvalue weighted by molar-refractivity contribution is 0.122. The standard InChI is InChI=1S/C26H26N4O2S2/c1-3-17(16-27-2)28-18-7-8-22-24(13-18)33-23-6-4-5-20(26(23)34-22)21-14-19(15-25(31)29-21)30-9-11-32-12-10-30/h4-8,13-15,17,28H,3,9-12,16H2,1H3,(H,29,31). The fraction of sp³-hybridized carbons (Fsp3) is 0.308. The van der Waals surface area contributed by atoms with E-state index in [0.29, 0.717) is 19.8 Å². The lowest BCUT2D eigenvalue weighted by Gasteiger charge is -2.29. The molecule has 0 radical (unpaired) electrons. The van der Waals surface area contributed by atoms with Gasteiger partial charge in [0, 0.05) is 55.7 Å². The average Bonchev–Trinajstić information content (AvgIpc) is 2.87. The maximum Gasteiger partial charge on any atom is 0.250 e. The molecule has 2 aliphatic heterocycles. The van der Waals surface area contributed by atoms with Crippen LogP contribution in [0.4, 0.5) is 11.4 Å². The number of H-pyrrole nitrogens is 1. The molecule has 2 N–H and O–H groups in total. The number of ether oxygens (including phenoxy) is 1. The maximum atomic E-state index is 12.5. The summed E-state index contributed by atoms with van der Waals surface area (Å²) in [5, 5.41) is 3.49. The van der Waals surface area contributed by atoms with Crippen LogP contribution >= 0.6 is 23.5 Å². The summed E-state index contributed by atoms with van der Waals surface area (Å²) in [5.41, 5.74) is 3.77. The Morgan fingerprint density at radius 2 is 1.97 bits per heavy atom. The van der Waals surface area contributed by atoms with Crippen molar-refractivity contribution in [2.45, 2.75) is 39.0 Å². The van der Waals surface area contributed by atoms with Gasteiger partial charge in [-0.15, -0.1) is 0 Å². The van der Waals surface area contributed by atoms with Gasteiger partial charge in [0.2, 0.25) is 12.1 Å². The molecule has 6 nitrogen and oxygen atoms in total. The van der Waals surface area contributed by atoms with Crippen molar-refractivity contribution in [3.63, 3.8) is 0 Å². The van der Waals surface area contributed by atoms with Gasteiger partial charge in [-0.2, -0.15) is 0 Å². The minimum Gasteiger partial charge on any atom is -0.378 e. The van der Waals surface area contributed by atoms with Gasteiger partial charge in [0.05, 0.1) is 24.9 Å². The molecule has 2 aromatic carbocycles. The molecule has 0 spiro atoms. The Labute approximate surface area is 207 Å². The Balaban J connectivity index is 1.45. The van der Waals surface area contributed by atoms with E-state index in [1.165, 1.54) is 14.7 Å². The van der Waals surface area contributed by atoms with Gasteiger partial charge in [0.15, 0.2) is 0 Å². The first-order valence-corrected chi connectivity index (χ1v) is 13.1. The zero-order valence-corrected chi connectivity index (χ0v) is 20.6. The van der Waals surface area contributed by atoms with Crippen LogP contribution in [-0.4, -0.2) is 43.9 Å². The minimum absolute atomic E-state index is 0.0916. The number of hydrogen-bond donors (Lipinski definition) is 2. The molecule has 0 aliphatic carbocycles. The van der Waals surface area contributed by atoms with Crippen molar-refractivity contribution in [1.29, 1.82) is 0 Å². The number of morpholine rings is 1. The number of nitrogens with zero attached hydrogens (tertiary/aromatic N) is 2. The Morgan fingerprint density at radius 1 is 1.12 bits per heavy atom. The van der Waals surface area contributed by atoms with E-state index < -0.39 is 0 Å². The molecule has 2 aliphatic rings. The summed E-state index contributed by atoms with van der Waals surface area (Å²) >= 11 is 3.49. The first-order valence-electron chi connectivity index (χ1n) is 11.4. The van der Waals surface area contributed by atoms with Crippen molar-refractivity contribution < 1.29 is 4.74 Å². The van der Waals surface area contributed by atoms with E-state index in [4.69, 9.17) is 11.3 Å². The number of fused-ring (bicyclic) bond motifs is 2. The van der Waals surface area contributed by atoms with E-state index in [1.807, 2.05) is 0 Å². The van der Waals surface area contributed by atoms with Crippen molar-refractivity contribution >= 4 is 34.9 Å². The van der Waals surface area contributed by atoms with Crippen LogP contribution in [0.1, 0.15) is 13.3 Å². The highest BCUT2D eigenvalue weighted by atomic mass is 32.2. The van der Waals surface area contributed by atoms with Crippen molar-refractivity contribution in [1.82, 2.24) is 4.98 Å². The number of nitrogens with one attached hydrogen (secondary N) is 2. The molecule has 1 fully saturated rings. The topological polar surface area (TPSA) is 61.7 Å². The Kier molecular flexibility index (Phi) is 6.86. The van der Waals surface area contributed by atoms with Gasteiger partial charge in [-0.05, 0) is 36.8 Å². The second-order valence-electron chi connectivity index (χ2n) is 8.30. The SMILES string of the molecule is [C-]#[N+]CC(CC)Nc1ccc2c(c1)Sc1cccc(-c3cc(N4CCOCC4)cc(=O)[nH]3)c1S2. The van der Waals surface area contributed by atoms with E-state index in [-0.39, 0.29) is 11.6 Å².